The molecule has 0 spiro atoms. The van der Waals surface area contributed by atoms with Gasteiger partial charge in [-0.25, -0.2) is 14.5 Å². The first-order valence-electron chi connectivity index (χ1n) is 12.3. The zero-order chi connectivity index (χ0) is 26.4. The van der Waals surface area contributed by atoms with Crippen molar-refractivity contribution in [2.45, 2.75) is 13.0 Å². The van der Waals surface area contributed by atoms with Crippen molar-refractivity contribution in [2.75, 3.05) is 4.90 Å². The second kappa shape index (κ2) is 9.15. The van der Waals surface area contributed by atoms with E-state index >= 15 is 0 Å². The first-order valence-corrected chi connectivity index (χ1v) is 12.3. The fraction of sp³-hybridized carbons (Fsp3) is 0.133. The fourth-order valence-electron chi connectivity index (χ4n) is 4.93. The van der Waals surface area contributed by atoms with Crippen LogP contribution in [0.5, 0.6) is 0 Å². The Labute approximate surface area is 219 Å². The molecule has 0 amide bonds. The van der Waals surface area contributed by atoms with E-state index in [1.165, 1.54) is 11.6 Å². The SMILES string of the molecule is Cc1ccc(-c2nn(-c3ccccc3)cc2C2c3c(n(C)c(=O)n(C)c3=O)N=CN2c2ccccc2)cc1. The molecule has 0 radical (unpaired) electrons. The highest BCUT2D eigenvalue weighted by Gasteiger charge is 2.36. The normalized spacial score (nSPS) is 14.5. The van der Waals surface area contributed by atoms with Crippen molar-refractivity contribution in [3.63, 3.8) is 0 Å². The number of nitrogens with zero attached hydrogens (tertiary/aromatic N) is 6. The highest BCUT2D eigenvalue weighted by Crippen LogP contribution is 2.41. The lowest BCUT2D eigenvalue weighted by molar-refractivity contribution is 0.651. The Morgan fingerprint density at radius 1 is 0.763 bits per heavy atom. The van der Waals surface area contributed by atoms with Crippen molar-refractivity contribution in [1.29, 1.82) is 0 Å². The molecule has 0 saturated heterocycles. The summed E-state index contributed by atoms with van der Waals surface area (Å²) in [4.78, 5) is 33.1. The van der Waals surface area contributed by atoms with Gasteiger partial charge >= 0.3 is 5.69 Å². The van der Waals surface area contributed by atoms with Gasteiger partial charge in [-0.1, -0.05) is 66.2 Å². The molecule has 8 nitrogen and oxygen atoms in total. The van der Waals surface area contributed by atoms with Gasteiger partial charge in [-0.05, 0) is 31.2 Å². The number of benzene rings is 3. The maximum atomic E-state index is 13.7. The molecule has 8 heteroatoms. The molecule has 0 aliphatic carbocycles. The van der Waals surface area contributed by atoms with Crippen LogP contribution in [0.1, 0.15) is 22.7 Å². The van der Waals surface area contributed by atoms with Crippen LogP contribution in [0, 0.1) is 6.92 Å². The highest BCUT2D eigenvalue weighted by atomic mass is 16.2. The molecule has 1 atom stereocenters. The fourth-order valence-corrected chi connectivity index (χ4v) is 4.93. The molecule has 188 valence electrons. The van der Waals surface area contributed by atoms with E-state index in [2.05, 4.69) is 17.1 Å². The van der Waals surface area contributed by atoms with Gasteiger partial charge in [0, 0.05) is 37.1 Å². The number of hydrogen-bond donors (Lipinski definition) is 0. The predicted molar refractivity (Wildman–Crippen MR) is 150 cm³/mol. The van der Waals surface area contributed by atoms with Crippen molar-refractivity contribution in [1.82, 2.24) is 18.9 Å². The minimum atomic E-state index is -0.579. The lowest BCUT2D eigenvalue weighted by atomic mass is 9.94. The molecule has 0 fully saturated rings. The molecule has 1 aliphatic heterocycles. The Balaban J connectivity index is 1.68. The Kier molecular flexibility index (Phi) is 5.64. The number of para-hydroxylation sites is 2. The van der Waals surface area contributed by atoms with E-state index in [1.54, 1.807) is 13.4 Å². The van der Waals surface area contributed by atoms with Gasteiger partial charge < -0.3 is 4.90 Å². The highest BCUT2D eigenvalue weighted by molar-refractivity contribution is 5.87. The molecule has 2 aromatic heterocycles. The van der Waals surface area contributed by atoms with Crippen LogP contribution in [0.3, 0.4) is 0 Å². The smallest absolute Gasteiger partial charge is 0.320 e. The second-order valence-corrected chi connectivity index (χ2v) is 9.41. The average Bonchev–Trinajstić information content (AvgIpc) is 3.40. The summed E-state index contributed by atoms with van der Waals surface area (Å²) in [6.07, 6.45) is 3.67. The standard InChI is InChI=1S/C30H26N6O2/c1-20-14-16-21(17-15-20)26-24(18-36(32-26)23-12-8-5-9-13-23)27-25-28(33(2)30(38)34(3)29(25)37)31-19-35(27)22-10-6-4-7-11-22/h4-19,27H,1-3H3. The largest absolute Gasteiger partial charge is 0.332 e. The first-order chi connectivity index (χ1) is 18.4. The lowest BCUT2D eigenvalue weighted by Crippen LogP contribution is -2.44. The van der Waals surface area contributed by atoms with Crippen molar-refractivity contribution in [3.8, 4) is 16.9 Å². The molecule has 1 aliphatic rings. The Morgan fingerprint density at radius 2 is 1.39 bits per heavy atom. The van der Waals surface area contributed by atoms with E-state index in [1.807, 2.05) is 95.5 Å². The lowest BCUT2D eigenvalue weighted by Gasteiger charge is -2.34. The molecule has 3 heterocycles. The van der Waals surface area contributed by atoms with Crippen molar-refractivity contribution >= 4 is 17.8 Å². The van der Waals surface area contributed by atoms with E-state index in [4.69, 9.17) is 5.10 Å². The second-order valence-electron chi connectivity index (χ2n) is 9.41. The quantitative estimate of drug-likeness (QED) is 0.362. The number of anilines is 1. The Morgan fingerprint density at radius 3 is 2.05 bits per heavy atom. The third-order valence-corrected chi connectivity index (χ3v) is 6.96. The predicted octanol–water partition coefficient (Wildman–Crippen LogP) is 4.51. The van der Waals surface area contributed by atoms with Crippen LogP contribution in [0.15, 0.2) is 106 Å². The topological polar surface area (TPSA) is 77.4 Å². The van der Waals surface area contributed by atoms with Crippen LogP contribution in [0.25, 0.3) is 16.9 Å². The van der Waals surface area contributed by atoms with Crippen molar-refractivity contribution in [2.24, 2.45) is 19.1 Å². The molecular formula is C30H26N6O2. The molecule has 0 saturated carbocycles. The molecule has 0 bridgehead atoms. The molecule has 38 heavy (non-hydrogen) atoms. The zero-order valence-electron chi connectivity index (χ0n) is 21.3. The van der Waals surface area contributed by atoms with Gasteiger partial charge in [0.25, 0.3) is 5.56 Å². The zero-order valence-corrected chi connectivity index (χ0v) is 21.3. The maximum Gasteiger partial charge on any atom is 0.332 e. The summed E-state index contributed by atoms with van der Waals surface area (Å²) >= 11 is 0. The minimum absolute atomic E-state index is 0.345. The van der Waals surface area contributed by atoms with Gasteiger partial charge in [0.05, 0.1) is 29.3 Å². The van der Waals surface area contributed by atoms with Crippen LogP contribution >= 0.6 is 0 Å². The summed E-state index contributed by atoms with van der Waals surface area (Å²) in [7, 11) is 3.14. The van der Waals surface area contributed by atoms with Gasteiger partial charge in [-0.15, -0.1) is 0 Å². The molecule has 5 aromatic rings. The van der Waals surface area contributed by atoms with E-state index in [0.29, 0.717) is 11.4 Å². The summed E-state index contributed by atoms with van der Waals surface area (Å²) in [5.41, 5.74) is 5.02. The van der Waals surface area contributed by atoms with Crippen LogP contribution in [0.4, 0.5) is 11.5 Å². The molecule has 1 unspecified atom stereocenters. The molecule has 3 aromatic carbocycles. The average molecular weight is 503 g/mol. The number of hydrogen-bond acceptors (Lipinski definition) is 5. The van der Waals surface area contributed by atoms with Gasteiger partial charge in [-0.3, -0.25) is 13.9 Å². The molecule has 6 rings (SSSR count). The maximum absolute atomic E-state index is 13.7. The number of fused-ring (bicyclic) bond motifs is 1. The minimum Gasteiger partial charge on any atom is -0.320 e. The van der Waals surface area contributed by atoms with Gasteiger partial charge in [0.1, 0.15) is 5.82 Å². The number of aryl methyl sites for hydroxylation is 1. The summed E-state index contributed by atoms with van der Waals surface area (Å²) in [6, 6.07) is 27.3. The molecular weight excluding hydrogens is 476 g/mol. The van der Waals surface area contributed by atoms with Crippen molar-refractivity contribution in [3.05, 3.63) is 129 Å². The third-order valence-electron chi connectivity index (χ3n) is 6.96. The summed E-state index contributed by atoms with van der Waals surface area (Å²) in [6.45, 7) is 2.04. The van der Waals surface area contributed by atoms with Gasteiger partial charge in [-0.2, -0.15) is 5.10 Å². The van der Waals surface area contributed by atoms with E-state index in [-0.39, 0.29) is 5.56 Å². The number of rotatable bonds is 4. The monoisotopic (exact) mass is 502 g/mol. The van der Waals surface area contributed by atoms with Crippen LogP contribution in [-0.2, 0) is 14.1 Å². The van der Waals surface area contributed by atoms with Crippen LogP contribution in [-0.4, -0.2) is 25.3 Å². The third kappa shape index (κ3) is 3.78. The van der Waals surface area contributed by atoms with Crippen molar-refractivity contribution < 1.29 is 0 Å². The van der Waals surface area contributed by atoms with Gasteiger partial charge in [0.15, 0.2) is 0 Å². The molecule has 0 N–H and O–H groups in total. The van der Waals surface area contributed by atoms with Crippen LogP contribution < -0.4 is 16.1 Å². The summed E-state index contributed by atoms with van der Waals surface area (Å²) < 4.78 is 4.41. The Bertz CT molecular complexity index is 1780. The number of aliphatic imine (C=N–C) groups is 1. The van der Waals surface area contributed by atoms with E-state index < -0.39 is 11.7 Å². The number of aromatic nitrogens is 4. The summed E-state index contributed by atoms with van der Waals surface area (Å²) in [5, 5.41) is 5.02. The van der Waals surface area contributed by atoms with Gasteiger partial charge in [0.2, 0.25) is 0 Å². The first kappa shape index (κ1) is 23.4. The van der Waals surface area contributed by atoms with Crippen LogP contribution in [0.2, 0.25) is 0 Å². The van der Waals surface area contributed by atoms with E-state index in [9.17, 15) is 9.59 Å². The Hall–Kier alpha value is -4.98. The van der Waals surface area contributed by atoms with E-state index in [0.717, 1.165) is 38.3 Å². The summed E-state index contributed by atoms with van der Waals surface area (Å²) in [5.74, 6) is 0.345.